The first-order valence-corrected chi connectivity index (χ1v) is 8.59. The molecule has 1 aliphatic carbocycles. The molecule has 2 bridgehead atoms. The number of benzene rings is 1. The van der Waals surface area contributed by atoms with E-state index in [0.717, 1.165) is 17.9 Å². The Kier molecular flexibility index (Phi) is 2.94. The molecule has 2 aliphatic heterocycles. The minimum Gasteiger partial charge on any atom is -0.493 e. The molecule has 0 radical (unpaired) electrons. The summed E-state index contributed by atoms with van der Waals surface area (Å²) in [4.78, 5) is 2.32. The summed E-state index contributed by atoms with van der Waals surface area (Å²) >= 11 is 0. The van der Waals surface area contributed by atoms with E-state index in [-0.39, 0.29) is 17.6 Å². The van der Waals surface area contributed by atoms with Crippen LogP contribution in [0.5, 0.6) is 11.5 Å². The van der Waals surface area contributed by atoms with E-state index in [1.807, 2.05) is 13.0 Å². The normalized spacial score (nSPS) is 41.1. The van der Waals surface area contributed by atoms with Gasteiger partial charge >= 0.3 is 0 Å². The van der Waals surface area contributed by atoms with Crippen molar-refractivity contribution < 1.29 is 14.6 Å². The van der Waals surface area contributed by atoms with Crippen molar-refractivity contribution in [3.05, 3.63) is 23.3 Å². The van der Waals surface area contributed by atoms with Crippen molar-refractivity contribution in [2.75, 3.05) is 14.2 Å². The Hall–Kier alpha value is -1.26. The Morgan fingerprint density at radius 1 is 1.39 bits per heavy atom. The molecule has 23 heavy (non-hydrogen) atoms. The first-order valence-electron chi connectivity index (χ1n) is 8.59. The molecule has 0 amide bonds. The summed E-state index contributed by atoms with van der Waals surface area (Å²) < 4.78 is 12.0. The largest absolute Gasteiger partial charge is 0.493 e. The van der Waals surface area contributed by atoms with E-state index in [1.165, 1.54) is 11.1 Å². The highest BCUT2D eigenvalue weighted by atomic mass is 16.5. The van der Waals surface area contributed by atoms with Crippen molar-refractivity contribution in [2.45, 2.75) is 63.3 Å². The van der Waals surface area contributed by atoms with Gasteiger partial charge in [0.15, 0.2) is 11.5 Å². The van der Waals surface area contributed by atoms with E-state index >= 15 is 0 Å². The molecule has 1 N–H and O–H groups in total. The van der Waals surface area contributed by atoms with Crippen LogP contribution in [0.1, 0.15) is 51.3 Å². The van der Waals surface area contributed by atoms with Gasteiger partial charge < -0.3 is 14.6 Å². The first-order chi connectivity index (χ1) is 10.8. The van der Waals surface area contributed by atoms with Crippen LogP contribution < -0.4 is 9.47 Å². The molecule has 4 heteroatoms. The summed E-state index contributed by atoms with van der Waals surface area (Å²) in [6, 6.07) is 4.59. The van der Waals surface area contributed by atoms with E-state index in [0.29, 0.717) is 12.0 Å². The zero-order valence-electron chi connectivity index (χ0n) is 14.9. The Morgan fingerprint density at radius 3 is 2.70 bits per heavy atom. The molecule has 126 valence electrons. The highest BCUT2D eigenvalue weighted by molar-refractivity contribution is 5.64. The summed E-state index contributed by atoms with van der Waals surface area (Å²) in [5.41, 5.74) is 1.30. The highest BCUT2D eigenvalue weighted by Crippen LogP contribution is 2.68. The van der Waals surface area contributed by atoms with Gasteiger partial charge in [0.25, 0.3) is 0 Å². The van der Waals surface area contributed by atoms with Crippen molar-refractivity contribution in [2.24, 2.45) is 5.92 Å². The molecular weight excluding hydrogens is 290 g/mol. The monoisotopic (exact) mass is 317 g/mol. The molecule has 1 fully saturated rings. The highest BCUT2D eigenvalue weighted by Gasteiger charge is 2.70. The number of fused-ring (bicyclic) bond motifs is 2. The first kappa shape index (κ1) is 15.3. The number of hydrogen-bond acceptors (Lipinski definition) is 4. The smallest absolute Gasteiger partial charge is 0.165 e. The van der Waals surface area contributed by atoms with Gasteiger partial charge in [-0.05, 0) is 44.9 Å². The van der Waals surface area contributed by atoms with E-state index < -0.39 is 5.60 Å². The molecule has 4 nitrogen and oxygen atoms in total. The topological polar surface area (TPSA) is 41.9 Å². The van der Waals surface area contributed by atoms with Crippen molar-refractivity contribution in [1.82, 2.24) is 4.90 Å². The van der Waals surface area contributed by atoms with Crippen LogP contribution >= 0.6 is 0 Å². The summed E-state index contributed by atoms with van der Waals surface area (Å²) in [7, 11) is 3.81. The Morgan fingerprint density at radius 2 is 2.09 bits per heavy atom. The third-order valence-corrected chi connectivity index (χ3v) is 6.85. The van der Waals surface area contributed by atoms with Gasteiger partial charge in [-0.15, -0.1) is 0 Å². The summed E-state index contributed by atoms with van der Waals surface area (Å²) in [5, 5.41) is 11.7. The lowest BCUT2D eigenvalue weighted by molar-refractivity contribution is -0.151. The lowest BCUT2D eigenvalue weighted by atomic mass is 9.59. The van der Waals surface area contributed by atoms with E-state index in [9.17, 15) is 5.11 Å². The second-order valence-corrected chi connectivity index (χ2v) is 8.02. The Balaban J connectivity index is 2.06. The Bertz CT molecular complexity index is 669. The van der Waals surface area contributed by atoms with Crippen molar-refractivity contribution >= 4 is 0 Å². The number of nitrogens with zero attached hydrogens (tertiary/aromatic N) is 1. The minimum absolute atomic E-state index is 0.0244. The second-order valence-electron chi connectivity index (χ2n) is 8.02. The van der Waals surface area contributed by atoms with Crippen LogP contribution in [0.15, 0.2) is 12.1 Å². The summed E-state index contributed by atoms with van der Waals surface area (Å²) in [5.74, 6) is 1.96. The maximum atomic E-state index is 11.7. The molecular formula is C19H27NO3. The molecule has 1 spiro atoms. The fourth-order valence-electron chi connectivity index (χ4n) is 5.45. The average molecular weight is 317 g/mol. The summed E-state index contributed by atoms with van der Waals surface area (Å²) in [6.07, 6.45) is 0.892. The second kappa shape index (κ2) is 4.42. The van der Waals surface area contributed by atoms with Crippen molar-refractivity contribution in [3.63, 3.8) is 0 Å². The van der Waals surface area contributed by atoms with Crippen LogP contribution in [0.2, 0.25) is 0 Å². The maximum Gasteiger partial charge on any atom is 0.165 e. The fourth-order valence-corrected chi connectivity index (χ4v) is 5.45. The van der Waals surface area contributed by atoms with Crippen LogP contribution in [-0.4, -0.2) is 41.9 Å². The Labute approximate surface area is 138 Å². The van der Waals surface area contributed by atoms with Gasteiger partial charge in [0.05, 0.1) is 18.1 Å². The number of ether oxygens (including phenoxy) is 2. The van der Waals surface area contributed by atoms with Gasteiger partial charge in [-0.2, -0.15) is 0 Å². The van der Waals surface area contributed by atoms with Gasteiger partial charge in [-0.25, -0.2) is 0 Å². The predicted octanol–water partition coefficient (Wildman–Crippen LogP) is 2.88. The van der Waals surface area contributed by atoms with Crippen LogP contribution in [0.4, 0.5) is 0 Å². The van der Waals surface area contributed by atoms with Crippen LogP contribution in [0.25, 0.3) is 0 Å². The average Bonchev–Trinajstić information content (AvgIpc) is 3.02. The zero-order chi connectivity index (χ0) is 16.7. The molecule has 2 heterocycles. The lowest BCUT2D eigenvalue weighted by Gasteiger charge is -2.55. The molecule has 4 rings (SSSR count). The van der Waals surface area contributed by atoms with E-state index in [1.54, 1.807) is 7.11 Å². The molecule has 0 aromatic heterocycles. The van der Waals surface area contributed by atoms with Crippen molar-refractivity contribution in [3.8, 4) is 11.5 Å². The number of piperidine rings is 1. The molecule has 0 saturated carbocycles. The van der Waals surface area contributed by atoms with E-state index in [4.69, 9.17) is 9.47 Å². The van der Waals surface area contributed by atoms with Crippen LogP contribution in [0.3, 0.4) is 0 Å². The molecule has 5 unspecified atom stereocenters. The third kappa shape index (κ3) is 1.50. The number of rotatable bonds is 2. The lowest BCUT2D eigenvalue weighted by Crippen LogP contribution is -2.67. The third-order valence-electron chi connectivity index (χ3n) is 6.85. The predicted molar refractivity (Wildman–Crippen MR) is 89.1 cm³/mol. The zero-order valence-corrected chi connectivity index (χ0v) is 14.9. The quantitative estimate of drug-likeness (QED) is 0.911. The van der Waals surface area contributed by atoms with Gasteiger partial charge in [0, 0.05) is 17.6 Å². The number of likely N-dealkylation sites (N-methyl/N-ethyl adjacent to an activating group) is 1. The van der Waals surface area contributed by atoms with Gasteiger partial charge in [-0.3, -0.25) is 4.90 Å². The van der Waals surface area contributed by atoms with Gasteiger partial charge in [0.1, 0.15) is 6.10 Å². The number of aliphatic hydroxyl groups is 1. The molecule has 1 aromatic rings. The molecule has 1 aromatic carbocycles. The summed E-state index contributed by atoms with van der Waals surface area (Å²) in [6.45, 7) is 8.49. The molecule has 3 aliphatic rings. The van der Waals surface area contributed by atoms with Crippen molar-refractivity contribution in [1.29, 1.82) is 0 Å². The van der Waals surface area contributed by atoms with Crippen LogP contribution in [-0.2, 0) is 5.41 Å². The maximum absolute atomic E-state index is 11.7. The molecule has 1 saturated heterocycles. The SMILES string of the molecule is COc1ccc2c3c1OC(C(C)C)C31CC2N(C)C(C)C1(C)O. The number of likely N-dealkylation sites (tertiary alicyclic amines) is 1. The van der Waals surface area contributed by atoms with Gasteiger partial charge in [0.2, 0.25) is 0 Å². The van der Waals surface area contributed by atoms with Crippen LogP contribution in [0, 0.1) is 5.92 Å². The standard InChI is InChI=1S/C19H27NO3/c1-10(2)17-19-9-13(20(5)11(3)18(19,4)21)12-7-8-14(22-6)16(23-17)15(12)19/h7-8,10-11,13,17,21H,9H2,1-6H3. The van der Waals surface area contributed by atoms with Gasteiger partial charge in [-0.1, -0.05) is 19.9 Å². The number of hydrogen-bond donors (Lipinski definition) is 1. The minimum atomic E-state index is -0.851. The fraction of sp³-hybridized carbons (Fsp3) is 0.684. The van der Waals surface area contributed by atoms with E-state index in [2.05, 4.69) is 38.8 Å². The number of methoxy groups -OCH3 is 1. The molecule has 5 atom stereocenters.